The molecule has 0 spiro atoms. The molecule has 1 unspecified atom stereocenters. The van der Waals surface area contributed by atoms with Crippen molar-refractivity contribution in [1.29, 1.82) is 0 Å². The largest absolute Gasteiger partial charge is 0.480 e. The molecule has 0 heterocycles. The fourth-order valence-corrected chi connectivity index (χ4v) is 4.77. The van der Waals surface area contributed by atoms with Crippen LogP contribution in [0.2, 0.25) is 0 Å². The monoisotopic (exact) mass is 627 g/mol. The number of unbranched alkanes of at least 4 members (excludes halogenated alkanes) is 12. The molecule has 6 heteroatoms. The smallest absolute Gasteiger partial charge is 0.322 e. The van der Waals surface area contributed by atoms with Crippen molar-refractivity contribution in [3.05, 3.63) is 60.8 Å². The van der Waals surface area contributed by atoms with E-state index in [9.17, 15) is 14.4 Å². The minimum atomic E-state index is -1.03. The summed E-state index contributed by atoms with van der Waals surface area (Å²) in [5.74, 6) is -1.36. The molecule has 0 aliphatic rings. The van der Waals surface area contributed by atoms with Gasteiger partial charge < -0.3 is 15.2 Å². The maximum absolute atomic E-state index is 12.6. The van der Waals surface area contributed by atoms with Crippen LogP contribution in [-0.2, 0) is 19.1 Å². The van der Waals surface area contributed by atoms with E-state index in [4.69, 9.17) is 9.84 Å². The van der Waals surface area contributed by atoms with Crippen molar-refractivity contribution in [2.75, 3.05) is 6.54 Å². The Morgan fingerprint density at radius 2 is 1.16 bits per heavy atom. The van der Waals surface area contributed by atoms with Gasteiger partial charge in [0.15, 0.2) is 0 Å². The van der Waals surface area contributed by atoms with Gasteiger partial charge in [0.1, 0.15) is 12.6 Å². The molecule has 0 fully saturated rings. The lowest BCUT2D eigenvalue weighted by molar-refractivity contribution is -0.147. The van der Waals surface area contributed by atoms with Crippen LogP contribution in [0.4, 0.5) is 0 Å². The Labute approximate surface area is 275 Å². The van der Waals surface area contributed by atoms with Crippen molar-refractivity contribution in [3.63, 3.8) is 0 Å². The number of carboxylic acid groups (broad SMARTS) is 1. The van der Waals surface area contributed by atoms with Crippen LogP contribution in [0.1, 0.15) is 155 Å². The van der Waals surface area contributed by atoms with E-state index in [1.165, 1.54) is 32.1 Å². The van der Waals surface area contributed by atoms with Gasteiger partial charge in [-0.1, -0.05) is 120 Å². The first-order valence-corrected chi connectivity index (χ1v) is 17.9. The molecule has 0 saturated heterocycles. The van der Waals surface area contributed by atoms with Gasteiger partial charge in [0, 0.05) is 12.8 Å². The Bertz CT molecular complexity index is 871. The van der Waals surface area contributed by atoms with Gasteiger partial charge in [0.2, 0.25) is 5.91 Å². The zero-order chi connectivity index (χ0) is 33.1. The number of nitrogens with one attached hydrogen (secondary N) is 1. The summed E-state index contributed by atoms with van der Waals surface area (Å²) in [6.07, 6.45) is 43.5. The normalized spacial score (nSPS) is 12.8. The van der Waals surface area contributed by atoms with Crippen molar-refractivity contribution in [3.8, 4) is 0 Å². The molecule has 1 atom stereocenters. The van der Waals surface area contributed by atoms with Gasteiger partial charge >= 0.3 is 11.9 Å². The van der Waals surface area contributed by atoms with Gasteiger partial charge in [-0.3, -0.25) is 14.4 Å². The predicted octanol–water partition coefficient (Wildman–Crippen LogP) is 10.5. The molecule has 45 heavy (non-hydrogen) atoms. The van der Waals surface area contributed by atoms with E-state index >= 15 is 0 Å². The summed E-state index contributed by atoms with van der Waals surface area (Å²) in [7, 11) is 0. The predicted molar refractivity (Wildman–Crippen MR) is 189 cm³/mol. The minimum Gasteiger partial charge on any atom is -0.480 e. The number of aliphatic carboxylic acids is 1. The highest BCUT2D eigenvalue weighted by atomic mass is 16.5. The summed E-state index contributed by atoms with van der Waals surface area (Å²) in [6, 6.07) is 0. The van der Waals surface area contributed by atoms with E-state index in [1.54, 1.807) is 0 Å². The van der Waals surface area contributed by atoms with Gasteiger partial charge in [-0.05, 0) is 83.1 Å². The second-order valence-electron chi connectivity index (χ2n) is 11.7. The highest BCUT2D eigenvalue weighted by Gasteiger charge is 2.12. The Morgan fingerprint density at radius 3 is 1.78 bits per heavy atom. The van der Waals surface area contributed by atoms with E-state index in [2.05, 4.69) is 79.9 Å². The van der Waals surface area contributed by atoms with E-state index in [1.807, 2.05) is 0 Å². The Morgan fingerprint density at radius 1 is 0.622 bits per heavy atom. The Hall–Kier alpha value is -2.89. The van der Waals surface area contributed by atoms with Crippen molar-refractivity contribution in [2.24, 2.45) is 0 Å². The second kappa shape index (κ2) is 34.0. The summed E-state index contributed by atoms with van der Waals surface area (Å²) >= 11 is 0. The molecule has 2 N–H and O–H groups in total. The molecule has 1 amide bonds. The second-order valence-corrected chi connectivity index (χ2v) is 11.7. The standard InChI is InChI=1S/C39H65NO5/c1-3-5-7-9-11-12-13-14-15-16-17-18-19-20-22-24-30-34-39(44)45-36(31-27-23-21-10-8-6-4-2)32-28-25-26-29-33-37(41)40-35-38(42)43/h5,7,11-12,14-15,17-18,27,31,36H,3-4,6,8-10,13,16,19-26,28-30,32-35H2,1-2H3,(H,40,41)(H,42,43)/b7-5-,12-11-,15-14-,18-17-,31-27-. The third-order valence-electron chi connectivity index (χ3n) is 7.41. The Balaban J connectivity index is 4.17. The number of esters is 1. The molecule has 0 bridgehead atoms. The summed E-state index contributed by atoms with van der Waals surface area (Å²) in [6.45, 7) is 4.04. The van der Waals surface area contributed by atoms with Crippen molar-refractivity contribution < 1.29 is 24.2 Å². The number of hydrogen-bond acceptors (Lipinski definition) is 4. The number of hydrogen-bond donors (Lipinski definition) is 2. The lowest BCUT2D eigenvalue weighted by Gasteiger charge is -2.15. The summed E-state index contributed by atoms with van der Waals surface area (Å²) in [5, 5.41) is 11.0. The third-order valence-corrected chi connectivity index (χ3v) is 7.41. The number of carbonyl (C=O) groups is 3. The quantitative estimate of drug-likeness (QED) is 0.0453. The lowest BCUT2D eigenvalue weighted by atomic mass is 10.1. The number of carbonyl (C=O) groups excluding carboxylic acids is 2. The molecular formula is C39H65NO5. The first kappa shape index (κ1) is 42.1. The van der Waals surface area contributed by atoms with Gasteiger partial charge in [0.25, 0.3) is 0 Å². The van der Waals surface area contributed by atoms with Gasteiger partial charge in [-0.25, -0.2) is 0 Å². The van der Waals surface area contributed by atoms with E-state index < -0.39 is 5.97 Å². The lowest BCUT2D eigenvalue weighted by Crippen LogP contribution is -2.28. The fraction of sp³-hybridized carbons (Fsp3) is 0.667. The molecule has 0 aromatic heterocycles. The molecule has 0 saturated carbocycles. The minimum absolute atomic E-state index is 0.110. The molecule has 0 rings (SSSR count). The molecule has 0 aromatic rings. The average molecular weight is 628 g/mol. The number of rotatable bonds is 31. The number of amides is 1. The van der Waals surface area contributed by atoms with E-state index in [0.29, 0.717) is 12.8 Å². The number of carboxylic acids is 1. The third kappa shape index (κ3) is 33.8. The molecule has 0 aliphatic heterocycles. The maximum atomic E-state index is 12.6. The van der Waals surface area contributed by atoms with Gasteiger partial charge in [0.05, 0.1) is 0 Å². The number of ether oxygens (including phenoxy) is 1. The summed E-state index contributed by atoms with van der Waals surface area (Å²) in [5.41, 5.74) is 0. The topological polar surface area (TPSA) is 92.7 Å². The highest BCUT2D eigenvalue weighted by molar-refractivity contribution is 5.80. The zero-order valence-electron chi connectivity index (χ0n) is 28.7. The average Bonchev–Trinajstić information content (AvgIpc) is 3.02. The van der Waals surface area contributed by atoms with E-state index in [0.717, 1.165) is 96.3 Å². The number of allylic oxidation sites excluding steroid dienone is 9. The van der Waals surface area contributed by atoms with Crippen LogP contribution in [0.5, 0.6) is 0 Å². The van der Waals surface area contributed by atoms with Crippen LogP contribution in [0.15, 0.2) is 60.8 Å². The van der Waals surface area contributed by atoms with Crippen LogP contribution < -0.4 is 5.32 Å². The van der Waals surface area contributed by atoms with Gasteiger partial charge in [-0.2, -0.15) is 0 Å². The first-order chi connectivity index (χ1) is 22.0. The SMILES string of the molecule is CC/C=C\C/C=C\C/C=C\C/C=C\CCCCCCC(=O)OC(/C=C\CCCCCCC)CCCCCCC(=O)NCC(=O)O. The van der Waals surface area contributed by atoms with Crippen molar-refractivity contribution in [2.45, 2.75) is 161 Å². The van der Waals surface area contributed by atoms with Crippen LogP contribution >= 0.6 is 0 Å². The summed E-state index contributed by atoms with van der Waals surface area (Å²) in [4.78, 5) is 34.8. The molecule has 0 radical (unpaired) electrons. The van der Waals surface area contributed by atoms with Gasteiger partial charge in [-0.15, -0.1) is 0 Å². The van der Waals surface area contributed by atoms with Crippen LogP contribution in [0, 0.1) is 0 Å². The molecular weight excluding hydrogens is 562 g/mol. The summed E-state index contributed by atoms with van der Waals surface area (Å²) < 4.78 is 5.85. The molecule has 0 aromatic carbocycles. The van der Waals surface area contributed by atoms with E-state index in [-0.39, 0.29) is 24.5 Å². The fourth-order valence-electron chi connectivity index (χ4n) is 4.77. The maximum Gasteiger partial charge on any atom is 0.322 e. The molecule has 6 nitrogen and oxygen atoms in total. The van der Waals surface area contributed by atoms with Crippen LogP contribution in [-0.4, -0.2) is 35.6 Å². The molecule has 256 valence electrons. The first-order valence-electron chi connectivity index (χ1n) is 17.9. The van der Waals surface area contributed by atoms with Crippen LogP contribution in [0.3, 0.4) is 0 Å². The molecule has 0 aliphatic carbocycles. The highest BCUT2D eigenvalue weighted by Crippen LogP contribution is 2.14. The Kier molecular flexibility index (Phi) is 31.8. The van der Waals surface area contributed by atoms with Crippen molar-refractivity contribution in [1.82, 2.24) is 5.32 Å². The van der Waals surface area contributed by atoms with Crippen molar-refractivity contribution >= 4 is 17.8 Å². The van der Waals surface area contributed by atoms with Crippen LogP contribution in [0.25, 0.3) is 0 Å². The zero-order valence-corrected chi connectivity index (χ0v) is 28.7.